The van der Waals surface area contributed by atoms with Crippen LogP contribution in [0.2, 0.25) is 0 Å². The van der Waals surface area contributed by atoms with Gasteiger partial charge in [0.2, 0.25) is 0 Å². The third-order valence-corrected chi connectivity index (χ3v) is 7.35. The maximum atomic E-state index is 9.61. The fourth-order valence-electron chi connectivity index (χ4n) is 5.30. The fraction of sp³-hybridized carbons (Fsp3) is 0.345. The summed E-state index contributed by atoms with van der Waals surface area (Å²) in [5.41, 5.74) is 6.18. The molecule has 3 aromatic heterocycles. The molecule has 178 valence electrons. The molecule has 6 heteroatoms. The van der Waals surface area contributed by atoms with Crippen LogP contribution in [0, 0.1) is 11.3 Å². The van der Waals surface area contributed by atoms with Crippen molar-refractivity contribution in [2.24, 2.45) is 0 Å². The lowest BCUT2D eigenvalue weighted by atomic mass is 9.82. The number of benzene rings is 1. The Kier molecular flexibility index (Phi) is 6.52. The Labute approximate surface area is 207 Å². The van der Waals surface area contributed by atoms with E-state index in [1.807, 2.05) is 16.9 Å². The molecule has 1 fully saturated rings. The maximum Gasteiger partial charge on any atom is 0.128 e. The summed E-state index contributed by atoms with van der Waals surface area (Å²) in [5.74, 6) is 1.01. The quantitative estimate of drug-likeness (QED) is 0.416. The van der Waals surface area contributed by atoms with Gasteiger partial charge in [0.25, 0.3) is 0 Å². The van der Waals surface area contributed by atoms with Crippen molar-refractivity contribution in [1.82, 2.24) is 19.9 Å². The molecule has 1 N–H and O–H groups in total. The Morgan fingerprint density at radius 1 is 1.06 bits per heavy atom. The fourth-order valence-corrected chi connectivity index (χ4v) is 5.30. The summed E-state index contributed by atoms with van der Waals surface area (Å²) >= 11 is 0. The molecule has 0 aliphatic carbocycles. The number of pyridine rings is 2. The molecule has 0 saturated carbocycles. The highest BCUT2D eigenvalue weighted by Crippen LogP contribution is 2.31. The summed E-state index contributed by atoms with van der Waals surface area (Å²) in [5, 5.41) is 17.7. The van der Waals surface area contributed by atoms with E-state index < -0.39 is 0 Å². The third kappa shape index (κ3) is 4.65. The van der Waals surface area contributed by atoms with Crippen LogP contribution in [0.3, 0.4) is 0 Å². The number of aryl methyl sites for hydroxylation is 1. The largest absolute Gasteiger partial charge is 0.356 e. The highest BCUT2D eigenvalue weighted by Gasteiger charge is 2.33. The Balaban J connectivity index is 1.36. The Bertz CT molecular complexity index is 1330. The van der Waals surface area contributed by atoms with E-state index >= 15 is 0 Å². The molecular weight excluding hydrogens is 432 g/mol. The van der Waals surface area contributed by atoms with Crippen molar-refractivity contribution < 1.29 is 0 Å². The SMILES string of the molecule is CCCc1cc(-c2ccc(N3CCC(Cc4ccccc4)(NC)CC3)nc2)c2c(C#N)cnn2c1. The number of hydrogen-bond donors (Lipinski definition) is 1. The van der Waals surface area contributed by atoms with Crippen LogP contribution in [-0.4, -0.2) is 40.3 Å². The van der Waals surface area contributed by atoms with Crippen LogP contribution in [0.5, 0.6) is 0 Å². The van der Waals surface area contributed by atoms with E-state index in [1.54, 1.807) is 6.20 Å². The van der Waals surface area contributed by atoms with Crippen LogP contribution in [0.25, 0.3) is 16.6 Å². The second-order valence-electron chi connectivity index (χ2n) is 9.56. The second-order valence-corrected chi connectivity index (χ2v) is 9.56. The van der Waals surface area contributed by atoms with E-state index in [-0.39, 0.29) is 5.54 Å². The number of piperidine rings is 1. The first-order chi connectivity index (χ1) is 17.1. The predicted octanol–water partition coefficient (Wildman–Crippen LogP) is 5.02. The minimum atomic E-state index is 0.124. The number of anilines is 1. The molecule has 0 amide bonds. The van der Waals surface area contributed by atoms with Gasteiger partial charge in [0.1, 0.15) is 11.9 Å². The van der Waals surface area contributed by atoms with Crippen molar-refractivity contribution in [2.45, 2.75) is 44.6 Å². The normalized spacial score (nSPS) is 15.3. The number of hydrogen-bond acceptors (Lipinski definition) is 5. The third-order valence-electron chi connectivity index (χ3n) is 7.35. The molecule has 5 rings (SSSR count). The summed E-state index contributed by atoms with van der Waals surface area (Å²) in [6, 6.07) is 19.5. The zero-order chi connectivity index (χ0) is 24.3. The van der Waals surface area contributed by atoms with Gasteiger partial charge in [0.15, 0.2) is 0 Å². The Hall–Kier alpha value is -3.69. The molecule has 1 aliphatic rings. The van der Waals surface area contributed by atoms with Crippen molar-refractivity contribution >= 4 is 11.3 Å². The molecule has 0 unspecified atom stereocenters. The first kappa shape index (κ1) is 23.1. The Morgan fingerprint density at radius 2 is 1.86 bits per heavy atom. The van der Waals surface area contributed by atoms with Crippen LogP contribution in [0.15, 0.2) is 67.1 Å². The minimum absolute atomic E-state index is 0.124. The van der Waals surface area contributed by atoms with E-state index in [1.165, 1.54) is 11.1 Å². The smallest absolute Gasteiger partial charge is 0.128 e. The first-order valence-electron chi connectivity index (χ1n) is 12.5. The lowest BCUT2D eigenvalue weighted by Crippen LogP contribution is -2.53. The standard InChI is InChI=1S/C29H32N6/c1-3-7-23-16-26(28-25(18-30)20-33-35(28)21-23)24-10-11-27(32-19-24)34-14-12-29(31-2,13-15-34)17-22-8-5-4-6-9-22/h4-6,8-11,16,19-21,31H,3,7,12-15,17H2,1-2H3. The molecule has 0 bridgehead atoms. The molecular formula is C29H32N6. The minimum Gasteiger partial charge on any atom is -0.356 e. The number of aromatic nitrogens is 3. The molecule has 4 aromatic rings. The van der Waals surface area contributed by atoms with Gasteiger partial charge >= 0.3 is 0 Å². The number of nitrogens with one attached hydrogen (secondary N) is 1. The maximum absolute atomic E-state index is 9.61. The van der Waals surface area contributed by atoms with Gasteiger partial charge in [-0.25, -0.2) is 9.50 Å². The van der Waals surface area contributed by atoms with E-state index in [0.717, 1.165) is 67.7 Å². The summed E-state index contributed by atoms with van der Waals surface area (Å²) in [6.07, 6.45) is 10.8. The zero-order valence-corrected chi connectivity index (χ0v) is 20.5. The monoisotopic (exact) mass is 464 g/mol. The predicted molar refractivity (Wildman–Crippen MR) is 141 cm³/mol. The molecule has 0 atom stereocenters. The van der Waals surface area contributed by atoms with Gasteiger partial charge in [-0.3, -0.25) is 0 Å². The van der Waals surface area contributed by atoms with Crippen molar-refractivity contribution in [3.05, 3.63) is 83.8 Å². The number of nitrogens with zero attached hydrogens (tertiary/aromatic N) is 5. The van der Waals surface area contributed by atoms with Gasteiger partial charge in [0.05, 0.1) is 17.3 Å². The van der Waals surface area contributed by atoms with E-state index in [9.17, 15) is 5.26 Å². The second kappa shape index (κ2) is 9.89. The van der Waals surface area contributed by atoms with Gasteiger partial charge in [-0.1, -0.05) is 43.7 Å². The van der Waals surface area contributed by atoms with Crippen molar-refractivity contribution in [1.29, 1.82) is 5.26 Å². The van der Waals surface area contributed by atoms with Crippen molar-refractivity contribution in [3.63, 3.8) is 0 Å². The topological polar surface area (TPSA) is 69.2 Å². The van der Waals surface area contributed by atoms with E-state index in [4.69, 9.17) is 4.98 Å². The summed E-state index contributed by atoms with van der Waals surface area (Å²) in [6.45, 7) is 4.11. The lowest BCUT2D eigenvalue weighted by Gasteiger charge is -2.42. The molecule has 35 heavy (non-hydrogen) atoms. The number of rotatable bonds is 7. The number of likely N-dealkylation sites (N-methyl/N-ethyl adjacent to an activating group) is 1. The Morgan fingerprint density at radius 3 is 2.51 bits per heavy atom. The van der Waals surface area contributed by atoms with E-state index in [0.29, 0.717) is 5.56 Å². The summed E-state index contributed by atoms with van der Waals surface area (Å²) < 4.78 is 1.83. The van der Waals surface area contributed by atoms with Gasteiger partial charge < -0.3 is 10.2 Å². The van der Waals surface area contributed by atoms with Gasteiger partial charge in [-0.05, 0) is 62.1 Å². The van der Waals surface area contributed by atoms with Gasteiger partial charge in [-0.2, -0.15) is 10.4 Å². The van der Waals surface area contributed by atoms with Gasteiger partial charge in [-0.15, -0.1) is 0 Å². The van der Waals surface area contributed by atoms with Crippen LogP contribution in [0.4, 0.5) is 5.82 Å². The van der Waals surface area contributed by atoms with Crippen LogP contribution in [-0.2, 0) is 12.8 Å². The molecule has 1 aromatic carbocycles. The molecule has 1 aliphatic heterocycles. The average Bonchev–Trinajstić information content (AvgIpc) is 3.33. The number of fused-ring (bicyclic) bond motifs is 1. The lowest BCUT2D eigenvalue weighted by molar-refractivity contribution is 0.274. The zero-order valence-electron chi connectivity index (χ0n) is 20.5. The van der Waals surface area contributed by atoms with Crippen molar-refractivity contribution in [2.75, 3.05) is 25.0 Å². The highest BCUT2D eigenvalue weighted by atomic mass is 15.2. The van der Waals surface area contributed by atoms with Crippen LogP contribution in [0.1, 0.15) is 42.9 Å². The van der Waals surface area contributed by atoms with E-state index in [2.05, 4.69) is 83.9 Å². The van der Waals surface area contributed by atoms with Gasteiger partial charge in [0, 0.05) is 42.1 Å². The molecule has 0 radical (unpaired) electrons. The molecule has 0 spiro atoms. The molecule has 1 saturated heterocycles. The van der Waals surface area contributed by atoms with Crippen molar-refractivity contribution in [3.8, 4) is 17.2 Å². The average molecular weight is 465 g/mol. The first-order valence-corrected chi connectivity index (χ1v) is 12.5. The van der Waals surface area contributed by atoms with Crippen LogP contribution < -0.4 is 10.2 Å². The van der Waals surface area contributed by atoms with Crippen LogP contribution >= 0.6 is 0 Å². The summed E-state index contributed by atoms with van der Waals surface area (Å²) in [7, 11) is 2.09. The molecule has 4 heterocycles. The summed E-state index contributed by atoms with van der Waals surface area (Å²) in [4.78, 5) is 7.23. The number of nitriles is 1. The highest BCUT2D eigenvalue weighted by molar-refractivity contribution is 5.84. The molecule has 6 nitrogen and oxygen atoms in total.